The summed E-state index contributed by atoms with van der Waals surface area (Å²) in [6.07, 6.45) is 2.77. The summed E-state index contributed by atoms with van der Waals surface area (Å²) in [6, 6.07) is 6.28. The SMILES string of the molecule is CCn1c(-c2cc(C#C[C@H](C)N3CCN(C)CC3)cnc2[C@H](C)OC)c2c3cc(ccc31)-c1csc(n1)[C@@H](N1CCOCC1)[C@H](NC(=O)[C@H]1OC[C@@H]1C)C(=O)N1N[C@H](C(=O)OCC(C)(C)C2)C2CC1C2. The van der Waals surface area contributed by atoms with Crippen LogP contribution in [-0.4, -0.2) is 162 Å². The first kappa shape index (κ1) is 48.8. The molecule has 70 heavy (non-hydrogen) atoms. The Bertz CT molecular complexity index is 2670. The molecule has 17 heteroatoms. The Morgan fingerprint density at radius 1 is 1.09 bits per heavy atom. The van der Waals surface area contributed by atoms with Crippen molar-refractivity contribution in [1.29, 1.82) is 0 Å². The van der Waals surface area contributed by atoms with Crippen LogP contribution in [0.5, 0.6) is 0 Å². The largest absolute Gasteiger partial charge is 0.464 e. The fourth-order valence-corrected chi connectivity index (χ4v) is 12.2. The number of morpholine rings is 1. The number of nitrogens with one attached hydrogen (secondary N) is 2. The number of aromatic nitrogens is 3. The number of piperazine rings is 1. The molecule has 7 atom stereocenters. The van der Waals surface area contributed by atoms with E-state index < -0.39 is 35.6 Å². The van der Waals surface area contributed by atoms with Crippen LogP contribution in [0.4, 0.5) is 0 Å². The maximum atomic E-state index is 15.2. The van der Waals surface area contributed by atoms with Crippen LogP contribution in [0, 0.1) is 29.1 Å². The van der Waals surface area contributed by atoms with Crippen LogP contribution in [0.25, 0.3) is 33.4 Å². The van der Waals surface area contributed by atoms with E-state index in [1.807, 2.05) is 20.0 Å². The first-order chi connectivity index (χ1) is 33.7. The molecule has 0 radical (unpaired) electrons. The minimum absolute atomic E-state index is 0.0133. The molecule has 4 aromatic rings. The quantitative estimate of drug-likeness (QED) is 0.179. The predicted molar refractivity (Wildman–Crippen MR) is 267 cm³/mol. The van der Waals surface area contributed by atoms with E-state index in [2.05, 4.69) is 106 Å². The van der Waals surface area contributed by atoms with Crippen LogP contribution >= 0.6 is 11.3 Å². The highest BCUT2D eigenvalue weighted by Gasteiger charge is 2.53. The van der Waals surface area contributed by atoms with E-state index in [-0.39, 0.29) is 48.4 Å². The number of pyridine rings is 1. The first-order valence-corrected chi connectivity index (χ1v) is 26.2. The summed E-state index contributed by atoms with van der Waals surface area (Å²) >= 11 is 1.49. The van der Waals surface area contributed by atoms with Gasteiger partial charge in [-0.3, -0.25) is 34.2 Å². The van der Waals surface area contributed by atoms with Gasteiger partial charge in [0.25, 0.3) is 5.91 Å². The van der Waals surface area contributed by atoms with Crippen molar-refractivity contribution in [2.24, 2.45) is 17.3 Å². The van der Waals surface area contributed by atoms with Gasteiger partial charge in [0.05, 0.1) is 61.7 Å². The monoisotopic (exact) mass is 976 g/mol. The van der Waals surface area contributed by atoms with Crippen molar-refractivity contribution < 1.29 is 33.3 Å². The maximum Gasteiger partial charge on any atom is 0.325 e. The normalized spacial score (nSPS) is 28.4. The van der Waals surface area contributed by atoms with Gasteiger partial charge in [-0.15, -0.1) is 11.3 Å². The lowest BCUT2D eigenvalue weighted by atomic mass is 9.73. The number of thiazole rings is 1. The van der Waals surface area contributed by atoms with Gasteiger partial charge in [0.15, 0.2) is 0 Å². The van der Waals surface area contributed by atoms with E-state index in [9.17, 15) is 9.59 Å². The highest BCUT2D eigenvalue weighted by Crippen LogP contribution is 2.44. The third-order valence-electron chi connectivity index (χ3n) is 15.6. The number of methoxy groups -OCH3 is 1. The highest BCUT2D eigenvalue weighted by atomic mass is 32.1. The number of amides is 2. The second-order valence-corrected chi connectivity index (χ2v) is 22.0. The van der Waals surface area contributed by atoms with E-state index in [4.69, 9.17) is 28.9 Å². The smallest absolute Gasteiger partial charge is 0.325 e. The molecule has 0 unspecified atom stereocenters. The molecule has 16 nitrogen and oxygen atoms in total. The highest BCUT2D eigenvalue weighted by molar-refractivity contribution is 7.10. The van der Waals surface area contributed by atoms with E-state index in [0.29, 0.717) is 63.7 Å². The van der Waals surface area contributed by atoms with Gasteiger partial charge in [-0.25, -0.2) is 10.4 Å². The Morgan fingerprint density at radius 3 is 2.56 bits per heavy atom. The lowest BCUT2D eigenvalue weighted by molar-refractivity contribution is -0.174. The van der Waals surface area contributed by atoms with Crippen molar-refractivity contribution >= 4 is 40.0 Å². The molecule has 11 rings (SSSR count). The zero-order chi connectivity index (χ0) is 49.0. The van der Waals surface area contributed by atoms with Crippen molar-refractivity contribution in [3.05, 3.63) is 57.7 Å². The van der Waals surface area contributed by atoms with E-state index in [0.717, 1.165) is 76.4 Å². The van der Waals surface area contributed by atoms with Gasteiger partial charge in [0.1, 0.15) is 23.2 Å². The number of carbonyl (C=O) groups is 3. The average Bonchev–Trinajstić information content (AvgIpc) is 3.95. The Balaban J connectivity index is 1.12. The summed E-state index contributed by atoms with van der Waals surface area (Å²) < 4.78 is 26.3. The molecule has 6 aliphatic heterocycles. The Kier molecular flexibility index (Phi) is 14.0. The number of ether oxygens (including phenoxy) is 4. The molecule has 3 aromatic heterocycles. The Hall–Kier alpha value is -4.77. The van der Waals surface area contributed by atoms with Gasteiger partial charge in [-0.05, 0) is 76.8 Å². The van der Waals surface area contributed by atoms with Gasteiger partial charge >= 0.3 is 5.97 Å². The van der Waals surface area contributed by atoms with E-state index in [1.165, 1.54) is 11.3 Å². The minimum Gasteiger partial charge on any atom is -0.464 e. The lowest BCUT2D eigenvalue weighted by Gasteiger charge is -2.53. The number of hydrogen-bond acceptors (Lipinski definition) is 14. The fraction of sp³-hybridized carbons (Fsp3) is 0.604. The second-order valence-electron chi connectivity index (χ2n) is 21.2. The second kappa shape index (κ2) is 20.0. The zero-order valence-corrected chi connectivity index (χ0v) is 42.8. The number of esters is 1. The van der Waals surface area contributed by atoms with Gasteiger partial charge in [0.2, 0.25) is 5.91 Å². The van der Waals surface area contributed by atoms with Crippen molar-refractivity contribution in [1.82, 2.24) is 45.0 Å². The number of carbonyl (C=O) groups excluding carboxylic acids is 3. The van der Waals surface area contributed by atoms with E-state index in [1.54, 1.807) is 12.1 Å². The Morgan fingerprint density at radius 2 is 1.86 bits per heavy atom. The lowest BCUT2D eigenvalue weighted by Crippen LogP contribution is -2.72. The van der Waals surface area contributed by atoms with Crippen molar-refractivity contribution in [2.45, 2.75) is 110 Å². The standard InChI is InChI=1S/C53H69N9O7S/c1-9-61-42-13-12-35-25-38(42)40(46(61)39-22-34(27-54-43(39)33(4)66-8)11-10-32(3)59-16-14-58(7)15-17-59)26-53(5,6)30-69-52(65)44-36-23-37(24-36)62(57-44)51(64)45(56-49(63)48-31(2)28-68-48)47(50-55-41(35)29-70-50)60-18-20-67-21-19-60/h12-13,22,25,27,29,31-33,36-37,44-45,47-48,57H,9,14-21,23-24,26,28,30H2,1-8H3,(H,56,63)/t31-,32-,33-,36?,37?,44-,45-,47-,48-/m0/s1. The first-order valence-electron chi connectivity index (χ1n) is 25.3. The zero-order valence-electron chi connectivity index (χ0n) is 42.0. The molecule has 8 bridgehead atoms. The van der Waals surface area contributed by atoms with Crippen LogP contribution in [0.1, 0.15) is 88.4 Å². The summed E-state index contributed by atoms with van der Waals surface area (Å²) in [4.78, 5) is 61.1. The number of rotatable bonds is 8. The molecular formula is C53H69N9O7S. The molecule has 6 fully saturated rings. The molecule has 0 spiro atoms. The van der Waals surface area contributed by atoms with Crippen molar-refractivity contribution in [3.63, 3.8) is 0 Å². The number of aryl methyl sites for hydroxylation is 1. The summed E-state index contributed by atoms with van der Waals surface area (Å²) in [7, 11) is 3.88. The molecule has 2 N–H and O–H groups in total. The van der Waals surface area contributed by atoms with E-state index >= 15 is 4.79 Å². The number of nitrogens with zero attached hydrogens (tertiary/aromatic N) is 7. The van der Waals surface area contributed by atoms with Crippen LogP contribution in [0.3, 0.4) is 0 Å². The molecule has 374 valence electrons. The summed E-state index contributed by atoms with van der Waals surface area (Å²) in [5.74, 6) is 6.05. The van der Waals surface area contributed by atoms with Crippen LogP contribution in [0.2, 0.25) is 0 Å². The number of cyclic esters (lactones) is 1. The molecule has 1 aromatic carbocycles. The number of benzene rings is 1. The number of hydrazine groups is 1. The summed E-state index contributed by atoms with van der Waals surface area (Å²) in [6.45, 7) is 20.0. The molecule has 5 saturated heterocycles. The fourth-order valence-electron chi connectivity index (χ4n) is 11.2. The van der Waals surface area contributed by atoms with Crippen molar-refractivity contribution in [3.8, 4) is 34.4 Å². The average molecular weight is 976 g/mol. The third-order valence-corrected chi connectivity index (χ3v) is 16.5. The molecule has 9 heterocycles. The summed E-state index contributed by atoms with van der Waals surface area (Å²) in [5, 5.41) is 8.61. The molecule has 7 aliphatic rings. The number of hydrogen-bond donors (Lipinski definition) is 2. The van der Waals surface area contributed by atoms with Crippen LogP contribution in [-0.2, 0) is 46.3 Å². The van der Waals surface area contributed by atoms with Crippen molar-refractivity contribution in [2.75, 3.05) is 79.9 Å². The van der Waals surface area contributed by atoms with Gasteiger partial charge < -0.3 is 33.7 Å². The third kappa shape index (κ3) is 9.42. The molecular weight excluding hydrogens is 907 g/mol. The maximum absolute atomic E-state index is 15.2. The number of likely N-dealkylation sites (N-methyl/N-ethyl adjacent to an activating group) is 1. The number of fused-ring (bicyclic) bond motifs is 4. The van der Waals surface area contributed by atoms with Gasteiger partial charge in [0, 0.05) is 109 Å². The summed E-state index contributed by atoms with van der Waals surface area (Å²) in [5.41, 5.74) is 10.3. The molecule has 1 aliphatic carbocycles. The van der Waals surface area contributed by atoms with Crippen LogP contribution in [0.15, 0.2) is 35.8 Å². The van der Waals surface area contributed by atoms with Gasteiger partial charge in [-0.1, -0.05) is 38.7 Å². The topological polar surface area (TPSA) is 156 Å². The minimum atomic E-state index is -1.04. The predicted octanol–water partition coefficient (Wildman–Crippen LogP) is 5.05. The molecule has 1 saturated carbocycles. The molecule has 2 amide bonds. The Labute approximate surface area is 415 Å². The van der Waals surface area contributed by atoms with Crippen LogP contribution < -0.4 is 10.7 Å². The van der Waals surface area contributed by atoms with Gasteiger partial charge in [-0.2, -0.15) is 0 Å².